The molecule has 0 bridgehead atoms. The van der Waals surface area contributed by atoms with Crippen molar-refractivity contribution in [1.29, 1.82) is 0 Å². The Morgan fingerprint density at radius 1 is 1.16 bits per heavy atom. The monoisotopic (exact) mass is 322 g/mol. The number of carbonyl (C=O) groups is 1. The minimum Gasteiger partial charge on any atom is -0.362 e. The van der Waals surface area contributed by atoms with Crippen LogP contribution in [0.5, 0.6) is 0 Å². The predicted molar refractivity (Wildman–Crippen MR) is 80.5 cm³/mol. The van der Waals surface area contributed by atoms with Crippen molar-refractivity contribution >= 4 is 27.5 Å². The quantitative estimate of drug-likeness (QED) is 0.836. The Labute approximate surface area is 122 Å². The molecule has 1 fully saturated rings. The van der Waals surface area contributed by atoms with Gasteiger partial charge in [-0.25, -0.2) is 0 Å². The molecule has 102 valence electrons. The fourth-order valence-corrected chi connectivity index (χ4v) is 3.42. The summed E-state index contributed by atoms with van der Waals surface area (Å²) in [4.78, 5) is 16.6. The summed E-state index contributed by atoms with van der Waals surface area (Å²) in [5, 5.41) is 0. The number of piperidine rings is 1. The van der Waals surface area contributed by atoms with E-state index >= 15 is 0 Å². The van der Waals surface area contributed by atoms with Gasteiger partial charge in [0.2, 0.25) is 5.91 Å². The molecule has 2 heterocycles. The molecular weight excluding hydrogens is 304 g/mol. The fourth-order valence-electron chi connectivity index (χ4n) is 3.01. The molecular formula is C15H19BrN2O. The molecule has 0 spiro atoms. The van der Waals surface area contributed by atoms with Gasteiger partial charge in [0, 0.05) is 29.8 Å². The van der Waals surface area contributed by atoms with Crippen molar-refractivity contribution in [3.05, 3.63) is 28.2 Å². The van der Waals surface area contributed by atoms with Crippen LogP contribution >= 0.6 is 15.9 Å². The lowest BCUT2D eigenvalue weighted by molar-refractivity contribution is -0.130. The van der Waals surface area contributed by atoms with E-state index in [1.807, 2.05) is 4.90 Å². The first-order chi connectivity index (χ1) is 9.24. The SMILES string of the molecule is O=C(CN1CCc2cc(Br)ccc21)N1CCCCC1. The van der Waals surface area contributed by atoms with Crippen LogP contribution < -0.4 is 4.90 Å². The van der Waals surface area contributed by atoms with Crippen molar-refractivity contribution in [1.82, 2.24) is 4.90 Å². The number of hydrogen-bond acceptors (Lipinski definition) is 2. The molecule has 19 heavy (non-hydrogen) atoms. The minimum atomic E-state index is 0.287. The maximum atomic E-state index is 12.3. The summed E-state index contributed by atoms with van der Waals surface area (Å²) in [5.41, 5.74) is 2.58. The highest BCUT2D eigenvalue weighted by atomic mass is 79.9. The summed E-state index contributed by atoms with van der Waals surface area (Å²) >= 11 is 3.50. The van der Waals surface area contributed by atoms with Crippen molar-refractivity contribution in [3.63, 3.8) is 0 Å². The summed E-state index contributed by atoms with van der Waals surface area (Å²) in [5.74, 6) is 0.287. The summed E-state index contributed by atoms with van der Waals surface area (Å²) in [7, 11) is 0. The van der Waals surface area contributed by atoms with E-state index in [4.69, 9.17) is 0 Å². The maximum absolute atomic E-state index is 12.3. The normalized spacial score (nSPS) is 18.6. The van der Waals surface area contributed by atoms with E-state index in [9.17, 15) is 4.79 Å². The first-order valence-electron chi connectivity index (χ1n) is 7.05. The third-order valence-corrected chi connectivity index (χ3v) is 4.56. The van der Waals surface area contributed by atoms with E-state index in [-0.39, 0.29) is 5.91 Å². The van der Waals surface area contributed by atoms with E-state index in [0.717, 1.165) is 43.4 Å². The third kappa shape index (κ3) is 2.78. The molecule has 3 nitrogen and oxygen atoms in total. The van der Waals surface area contributed by atoms with Crippen LogP contribution in [-0.2, 0) is 11.2 Å². The minimum absolute atomic E-state index is 0.287. The molecule has 0 aromatic heterocycles. The van der Waals surface area contributed by atoms with Crippen LogP contribution in [0.25, 0.3) is 0 Å². The first kappa shape index (κ1) is 13.0. The molecule has 1 amide bonds. The molecule has 0 radical (unpaired) electrons. The molecule has 2 aliphatic rings. The molecule has 3 rings (SSSR count). The lowest BCUT2D eigenvalue weighted by Crippen LogP contribution is -2.42. The summed E-state index contributed by atoms with van der Waals surface area (Å²) in [6.07, 6.45) is 4.64. The molecule has 0 unspecified atom stereocenters. The van der Waals surface area contributed by atoms with Gasteiger partial charge in [0.25, 0.3) is 0 Å². The Morgan fingerprint density at radius 3 is 2.74 bits per heavy atom. The lowest BCUT2D eigenvalue weighted by Gasteiger charge is -2.29. The van der Waals surface area contributed by atoms with Crippen LogP contribution in [0.3, 0.4) is 0 Å². The zero-order valence-corrected chi connectivity index (χ0v) is 12.7. The van der Waals surface area contributed by atoms with Gasteiger partial charge in [0.1, 0.15) is 0 Å². The number of benzene rings is 1. The second kappa shape index (κ2) is 5.53. The highest BCUT2D eigenvalue weighted by Gasteiger charge is 2.24. The Morgan fingerprint density at radius 2 is 1.95 bits per heavy atom. The molecule has 0 N–H and O–H groups in total. The number of rotatable bonds is 2. The summed E-state index contributed by atoms with van der Waals surface area (Å²) < 4.78 is 1.12. The highest BCUT2D eigenvalue weighted by molar-refractivity contribution is 9.10. The Hall–Kier alpha value is -1.03. The number of hydrogen-bond donors (Lipinski definition) is 0. The van der Waals surface area contributed by atoms with Crippen LogP contribution in [0.2, 0.25) is 0 Å². The third-order valence-electron chi connectivity index (χ3n) is 4.07. The molecule has 2 aliphatic heterocycles. The number of anilines is 1. The zero-order valence-electron chi connectivity index (χ0n) is 11.1. The Bertz CT molecular complexity index is 483. The van der Waals surface area contributed by atoms with E-state index < -0.39 is 0 Å². The largest absolute Gasteiger partial charge is 0.362 e. The molecule has 1 aromatic rings. The molecule has 1 saturated heterocycles. The van der Waals surface area contributed by atoms with Gasteiger partial charge in [-0.3, -0.25) is 4.79 Å². The molecule has 4 heteroatoms. The van der Waals surface area contributed by atoms with E-state index in [2.05, 4.69) is 39.0 Å². The molecule has 0 saturated carbocycles. The van der Waals surface area contributed by atoms with Crippen LogP contribution in [0.4, 0.5) is 5.69 Å². The van der Waals surface area contributed by atoms with E-state index in [1.54, 1.807) is 0 Å². The number of carbonyl (C=O) groups excluding carboxylic acids is 1. The van der Waals surface area contributed by atoms with Gasteiger partial charge in [0.05, 0.1) is 6.54 Å². The van der Waals surface area contributed by atoms with E-state index in [0.29, 0.717) is 6.54 Å². The summed E-state index contributed by atoms with van der Waals surface area (Å²) in [6.45, 7) is 3.39. The van der Waals surface area contributed by atoms with Crippen molar-refractivity contribution in [2.45, 2.75) is 25.7 Å². The van der Waals surface area contributed by atoms with Crippen molar-refractivity contribution in [2.24, 2.45) is 0 Å². The van der Waals surface area contributed by atoms with Crippen LogP contribution in [-0.4, -0.2) is 37.0 Å². The van der Waals surface area contributed by atoms with Gasteiger partial charge in [-0.15, -0.1) is 0 Å². The Balaban J connectivity index is 1.67. The summed E-state index contributed by atoms with van der Waals surface area (Å²) in [6, 6.07) is 6.35. The van der Waals surface area contributed by atoms with E-state index in [1.165, 1.54) is 17.7 Å². The van der Waals surface area contributed by atoms with Gasteiger partial charge in [-0.1, -0.05) is 15.9 Å². The second-order valence-electron chi connectivity index (χ2n) is 5.39. The first-order valence-corrected chi connectivity index (χ1v) is 7.84. The van der Waals surface area contributed by atoms with Crippen molar-refractivity contribution in [2.75, 3.05) is 31.1 Å². The average molecular weight is 323 g/mol. The Kier molecular flexibility index (Phi) is 3.78. The van der Waals surface area contributed by atoms with Crippen molar-refractivity contribution < 1.29 is 4.79 Å². The fraction of sp³-hybridized carbons (Fsp3) is 0.533. The second-order valence-corrected chi connectivity index (χ2v) is 6.30. The van der Waals surface area contributed by atoms with Gasteiger partial charge in [-0.05, 0) is 49.4 Å². The lowest BCUT2D eigenvalue weighted by atomic mass is 10.1. The zero-order chi connectivity index (χ0) is 13.2. The smallest absolute Gasteiger partial charge is 0.242 e. The average Bonchev–Trinajstić information content (AvgIpc) is 2.82. The van der Waals surface area contributed by atoms with Gasteiger partial charge in [-0.2, -0.15) is 0 Å². The van der Waals surface area contributed by atoms with Gasteiger partial charge in [0.15, 0.2) is 0 Å². The van der Waals surface area contributed by atoms with Gasteiger partial charge < -0.3 is 9.80 Å². The number of amides is 1. The molecule has 1 aromatic carbocycles. The number of nitrogens with zero attached hydrogens (tertiary/aromatic N) is 2. The highest BCUT2D eigenvalue weighted by Crippen LogP contribution is 2.30. The predicted octanol–water partition coefficient (Wildman–Crippen LogP) is 2.82. The topological polar surface area (TPSA) is 23.6 Å². The maximum Gasteiger partial charge on any atom is 0.242 e. The number of likely N-dealkylation sites (tertiary alicyclic amines) is 1. The number of fused-ring (bicyclic) bond motifs is 1. The standard InChI is InChI=1S/C15H19BrN2O/c16-13-4-5-14-12(10-13)6-9-18(14)11-15(19)17-7-2-1-3-8-17/h4-5,10H,1-3,6-9,11H2. The molecule has 0 aliphatic carbocycles. The van der Waals surface area contributed by atoms with Crippen LogP contribution in [0.15, 0.2) is 22.7 Å². The molecule has 0 atom stereocenters. The van der Waals surface area contributed by atoms with Crippen molar-refractivity contribution in [3.8, 4) is 0 Å². The number of halogens is 1. The van der Waals surface area contributed by atoms with Crippen LogP contribution in [0, 0.1) is 0 Å². The van der Waals surface area contributed by atoms with Crippen LogP contribution in [0.1, 0.15) is 24.8 Å². The van der Waals surface area contributed by atoms with Gasteiger partial charge >= 0.3 is 0 Å².